The van der Waals surface area contributed by atoms with Gasteiger partial charge in [-0.15, -0.1) is 5.10 Å². The van der Waals surface area contributed by atoms with Crippen LogP contribution in [-0.4, -0.2) is 25.0 Å². The summed E-state index contributed by atoms with van der Waals surface area (Å²) in [6.07, 6.45) is 0. The van der Waals surface area contributed by atoms with Gasteiger partial charge in [-0.2, -0.15) is 4.52 Å². The zero-order valence-electron chi connectivity index (χ0n) is 8.47. The third kappa shape index (κ3) is 1.09. The number of aromatic nitrogens is 5. The zero-order chi connectivity index (χ0) is 10.4. The number of fused-ring (bicyclic) bond motifs is 3. The molecule has 0 amide bonds. The molecule has 3 aromatic rings. The van der Waals surface area contributed by atoms with Crippen molar-refractivity contribution in [2.75, 3.05) is 0 Å². The van der Waals surface area contributed by atoms with Crippen molar-refractivity contribution >= 4 is 16.7 Å². The van der Waals surface area contributed by atoms with Gasteiger partial charge in [0.05, 0.1) is 16.7 Å². The normalized spacial score (nSPS) is 11.3. The molecule has 0 atom stereocenters. The number of tetrazole rings is 1. The Kier molecular flexibility index (Phi) is 1.50. The van der Waals surface area contributed by atoms with Crippen LogP contribution in [0.1, 0.15) is 11.3 Å². The minimum absolute atomic E-state index is 0.714. The van der Waals surface area contributed by atoms with E-state index in [0.717, 1.165) is 16.7 Å². The lowest BCUT2D eigenvalue weighted by atomic mass is 10.2. The Morgan fingerprint density at radius 1 is 1.20 bits per heavy atom. The van der Waals surface area contributed by atoms with E-state index < -0.39 is 0 Å². The maximum atomic E-state index is 4.47. The van der Waals surface area contributed by atoms with E-state index in [2.05, 4.69) is 20.5 Å². The molecular formula is C10H9N5. The summed E-state index contributed by atoms with van der Waals surface area (Å²) in [5, 5.41) is 11.5. The van der Waals surface area contributed by atoms with E-state index >= 15 is 0 Å². The first kappa shape index (κ1) is 8.28. The van der Waals surface area contributed by atoms with Crippen molar-refractivity contribution in [1.29, 1.82) is 0 Å². The number of nitrogens with zero attached hydrogens (tertiary/aromatic N) is 5. The third-order valence-electron chi connectivity index (χ3n) is 2.44. The van der Waals surface area contributed by atoms with E-state index in [-0.39, 0.29) is 0 Å². The summed E-state index contributed by atoms with van der Waals surface area (Å²) in [5.41, 5.74) is 4.60. The topological polar surface area (TPSA) is 56.0 Å². The molecule has 2 aromatic heterocycles. The number of benzene rings is 1. The van der Waals surface area contributed by atoms with E-state index in [1.54, 1.807) is 4.52 Å². The Labute approximate surface area is 85.7 Å². The molecule has 0 saturated carbocycles. The predicted octanol–water partition coefficient (Wildman–Crippen LogP) is 1.29. The SMILES string of the molecule is Cc1ccc2c(c1)nc(C)c1nnnn12. The van der Waals surface area contributed by atoms with Crippen molar-refractivity contribution < 1.29 is 0 Å². The van der Waals surface area contributed by atoms with Crippen LogP contribution in [0.5, 0.6) is 0 Å². The van der Waals surface area contributed by atoms with Crippen LogP contribution in [0, 0.1) is 13.8 Å². The summed E-state index contributed by atoms with van der Waals surface area (Å²) in [4.78, 5) is 4.47. The first-order valence-corrected chi connectivity index (χ1v) is 4.71. The number of aryl methyl sites for hydroxylation is 2. The average molecular weight is 199 g/mol. The fourth-order valence-corrected chi connectivity index (χ4v) is 1.71. The smallest absolute Gasteiger partial charge is 0.201 e. The molecule has 0 aliphatic heterocycles. The van der Waals surface area contributed by atoms with Crippen LogP contribution in [0.25, 0.3) is 16.7 Å². The highest BCUT2D eigenvalue weighted by Crippen LogP contribution is 2.15. The quantitative estimate of drug-likeness (QED) is 0.547. The van der Waals surface area contributed by atoms with Crippen LogP contribution in [-0.2, 0) is 0 Å². The second-order valence-corrected chi connectivity index (χ2v) is 3.60. The van der Waals surface area contributed by atoms with Gasteiger partial charge in [-0.25, -0.2) is 4.98 Å². The summed E-state index contributed by atoms with van der Waals surface area (Å²) >= 11 is 0. The molecular weight excluding hydrogens is 190 g/mol. The van der Waals surface area contributed by atoms with Gasteiger partial charge in [0.15, 0.2) is 0 Å². The van der Waals surface area contributed by atoms with Gasteiger partial charge in [0.25, 0.3) is 0 Å². The van der Waals surface area contributed by atoms with Gasteiger partial charge in [-0.1, -0.05) is 6.07 Å². The van der Waals surface area contributed by atoms with Crippen molar-refractivity contribution in [3.05, 3.63) is 29.5 Å². The van der Waals surface area contributed by atoms with Crippen LogP contribution in [0.2, 0.25) is 0 Å². The highest BCUT2D eigenvalue weighted by atomic mass is 15.5. The fourth-order valence-electron chi connectivity index (χ4n) is 1.71. The highest BCUT2D eigenvalue weighted by molar-refractivity contribution is 5.78. The first-order chi connectivity index (χ1) is 7.25. The number of hydrogen-bond acceptors (Lipinski definition) is 4. The van der Waals surface area contributed by atoms with Crippen LogP contribution in [0.3, 0.4) is 0 Å². The van der Waals surface area contributed by atoms with Crippen molar-refractivity contribution in [3.8, 4) is 0 Å². The van der Waals surface area contributed by atoms with Crippen LogP contribution >= 0.6 is 0 Å². The Bertz CT molecular complexity index is 655. The molecule has 1 aromatic carbocycles. The van der Waals surface area contributed by atoms with Crippen LogP contribution < -0.4 is 0 Å². The van der Waals surface area contributed by atoms with Gasteiger partial charge in [0.1, 0.15) is 0 Å². The minimum atomic E-state index is 0.714. The lowest BCUT2D eigenvalue weighted by Crippen LogP contribution is -1.97. The molecule has 2 heterocycles. The van der Waals surface area contributed by atoms with Crippen molar-refractivity contribution in [2.24, 2.45) is 0 Å². The molecule has 0 fully saturated rings. The van der Waals surface area contributed by atoms with Gasteiger partial charge in [0, 0.05) is 0 Å². The second-order valence-electron chi connectivity index (χ2n) is 3.60. The molecule has 0 unspecified atom stereocenters. The number of rotatable bonds is 0. The fraction of sp³-hybridized carbons (Fsp3) is 0.200. The predicted molar refractivity (Wildman–Crippen MR) is 55.6 cm³/mol. The van der Waals surface area contributed by atoms with Gasteiger partial charge >= 0.3 is 0 Å². The molecule has 0 aliphatic rings. The molecule has 0 radical (unpaired) electrons. The van der Waals surface area contributed by atoms with Crippen molar-refractivity contribution in [2.45, 2.75) is 13.8 Å². The summed E-state index contributed by atoms with van der Waals surface area (Å²) in [5.74, 6) is 0. The maximum absolute atomic E-state index is 4.47. The van der Waals surface area contributed by atoms with Crippen LogP contribution in [0.15, 0.2) is 18.2 Å². The molecule has 0 aliphatic carbocycles. The summed E-state index contributed by atoms with van der Waals surface area (Å²) < 4.78 is 1.72. The van der Waals surface area contributed by atoms with E-state index in [1.807, 2.05) is 32.0 Å². The largest absolute Gasteiger partial charge is 0.247 e. The molecule has 15 heavy (non-hydrogen) atoms. The summed E-state index contributed by atoms with van der Waals surface area (Å²) in [6, 6.07) is 6.05. The Morgan fingerprint density at radius 3 is 2.93 bits per heavy atom. The monoisotopic (exact) mass is 199 g/mol. The Balaban J connectivity index is 2.60. The van der Waals surface area contributed by atoms with E-state index in [1.165, 1.54) is 5.56 Å². The molecule has 0 spiro atoms. The van der Waals surface area contributed by atoms with E-state index in [0.29, 0.717) is 5.65 Å². The molecule has 0 N–H and O–H groups in total. The van der Waals surface area contributed by atoms with Crippen LogP contribution in [0.4, 0.5) is 0 Å². The van der Waals surface area contributed by atoms with Crippen molar-refractivity contribution in [3.63, 3.8) is 0 Å². The van der Waals surface area contributed by atoms with Gasteiger partial charge in [0.2, 0.25) is 5.65 Å². The lowest BCUT2D eigenvalue weighted by molar-refractivity contribution is 0.840. The standard InChI is InChI=1S/C10H9N5/c1-6-3-4-9-8(5-6)11-7(2)10-12-13-14-15(9)10/h3-5H,1-2H3. The molecule has 5 nitrogen and oxygen atoms in total. The van der Waals surface area contributed by atoms with Gasteiger partial charge in [-0.3, -0.25) is 0 Å². The summed E-state index contributed by atoms with van der Waals surface area (Å²) in [7, 11) is 0. The first-order valence-electron chi connectivity index (χ1n) is 4.71. The summed E-state index contributed by atoms with van der Waals surface area (Å²) in [6.45, 7) is 3.95. The van der Waals surface area contributed by atoms with E-state index in [9.17, 15) is 0 Å². The Hall–Kier alpha value is -2.04. The van der Waals surface area contributed by atoms with Gasteiger partial charge < -0.3 is 0 Å². The lowest BCUT2D eigenvalue weighted by Gasteiger charge is -2.02. The Morgan fingerprint density at radius 2 is 2.07 bits per heavy atom. The second kappa shape index (κ2) is 2.73. The molecule has 5 heteroatoms. The molecule has 0 saturated heterocycles. The zero-order valence-corrected chi connectivity index (χ0v) is 8.47. The average Bonchev–Trinajstić information content (AvgIpc) is 2.66. The maximum Gasteiger partial charge on any atom is 0.201 e. The molecule has 3 rings (SSSR count). The number of hydrogen-bond donors (Lipinski definition) is 0. The molecule has 74 valence electrons. The molecule has 0 bridgehead atoms. The minimum Gasteiger partial charge on any atom is -0.247 e. The van der Waals surface area contributed by atoms with Crippen molar-refractivity contribution in [1.82, 2.24) is 25.0 Å². The van der Waals surface area contributed by atoms with Gasteiger partial charge in [-0.05, 0) is 42.0 Å². The third-order valence-corrected chi connectivity index (χ3v) is 2.44. The van der Waals surface area contributed by atoms with E-state index in [4.69, 9.17) is 0 Å². The highest BCUT2D eigenvalue weighted by Gasteiger charge is 2.07.